The van der Waals surface area contributed by atoms with Gasteiger partial charge in [-0.1, -0.05) is 0 Å². The summed E-state index contributed by atoms with van der Waals surface area (Å²) in [5, 5.41) is 3.34. The van der Waals surface area contributed by atoms with Crippen molar-refractivity contribution < 1.29 is 9.53 Å². The van der Waals surface area contributed by atoms with E-state index in [2.05, 4.69) is 10.3 Å². The van der Waals surface area contributed by atoms with Crippen LogP contribution in [0.5, 0.6) is 0 Å². The molecule has 110 valence electrons. The van der Waals surface area contributed by atoms with Crippen LogP contribution in [0.4, 0.5) is 0 Å². The minimum atomic E-state index is 0.152. The zero-order valence-corrected chi connectivity index (χ0v) is 11.9. The molecule has 2 heterocycles. The molecule has 0 radical (unpaired) electrons. The molecule has 1 amide bonds. The Morgan fingerprint density at radius 2 is 2.45 bits per heavy atom. The van der Waals surface area contributed by atoms with E-state index in [9.17, 15) is 4.79 Å². The second-order valence-corrected chi connectivity index (χ2v) is 5.64. The Morgan fingerprint density at radius 1 is 1.60 bits per heavy atom. The van der Waals surface area contributed by atoms with Crippen molar-refractivity contribution in [3.8, 4) is 0 Å². The SMILES string of the molecule is Cn1ccnc1CN(C(=O)CC1COCCN1)C1CC1. The number of hydrogen-bond donors (Lipinski definition) is 1. The number of aromatic nitrogens is 2. The van der Waals surface area contributed by atoms with Crippen molar-refractivity contribution in [3.63, 3.8) is 0 Å². The van der Waals surface area contributed by atoms with E-state index < -0.39 is 0 Å². The molecule has 2 fully saturated rings. The Hall–Kier alpha value is -1.40. The molecular formula is C14H22N4O2. The van der Waals surface area contributed by atoms with Gasteiger partial charge in [0.05, 0.1) is 19.8 Å². The number of carbonyl (C=O) groups excluding carboxylic acids is 1. The largest absolute Gasteiger partial charge is 0.378 e. The summed E-state index contributed by atoms with van der Waals surface area (Å²) in [5.41, 5.74) is 0. The van der Waals surface area contributed by atoms with Gasteiger partial charge in [0, 0.05) is 44.5 Å². The summed E-state index contributed by atoms with van der Waals surface area (Å²) < 4.78 is 7.39. The van der Waals surface area contributed by atoms with Gasteiger partial charge in [-0.2, -0.15) is 0 Å². The Balaban J connectivity index is 1.61. The van der Waals surface area contributed by atoms with Gasteiger partial charge in [0.15, 0.2) is 0 Å². The van der Waals surface area contributed by atoms with E-state index in [-0.39, 0.29) is 11.9 Å². The highest BCUT2D eigenvalue weighted by molar-refractivity contribution is 5.77. The summed E-state index contributed by atoms with van der Waals surface area (Å²) in [5.74, 6) is 1.15. The van der Waals surface area contributed by atoms with Crippen LogP contribution in [-0.4, -0.2) is 52.2 Å². The molecule has 1 aromatic rings. The number of ether oxygens (including phenoxy) is 1. The molecule has 20 heavy (non-hydrogen) atoms. The Kier molecular flexibility index (Phi) is 4.03. The first-order valence-electron chi connectivity index (χ1n) is 7.31. The zero-order chi connectivity index (χ0) is 13.9. The Morgan fingerprint density at radius 3 is 3.05 bits per heavy atom. The fraction of sp³-hybridized carbons (Fsp3) is 0.714. The van der Waals surface area contributed by atoms with E-state index in [1.807, 2.05) is 22.7 Å². The lowest BCUT2D eigenvalue weighted by atomic mass is 10.1. The summed E-state index contributed by atoms with van der Waals surface area (Å²) in [6.45, 7) is 2.82. The van der Waals surface area contributed by atoms with Crippen molar-refractivity contribution in [2.75, 3.05) is 19.8 Å². The van der Waals surface area contributed by atoms with Crippen molar-refractivity contribution in [2.24, 2.45) is 7.05 Å². The average Bonchev–Trinajstić information content (AvgIpc) is 3.21. The number of imidazole rings is 1. The van der Waals surface area contributed by atoms with Gasteiger partial charge in [0.25, 0.3) is 0 Å². The molecule has 1 saturated heterocycles. The molecule has 1 atom stereocenters. The summed E-state index contributed by atoms with van der Waals surface area (Å²) in [7, 11) is 1.97. The molecule has 0 spiro atoms. The Bertz CT molecular complexity index is 463. The molecule has 6 heteroatoms. The van der Waals surface area contributed by atoms with E-state index >= 15 is 0 Å². The maximum atomic E-state index is 12.5. The van der Waals surface area contributed by atoms with Gasteiger partial charge in [-0.3, -0.25) is 4.79 Å². The third-order valence-electron chi connectivity index (χ3n) is 3.96. The molecule has 0 aromatic carbocycles. The lowest BCUT2D eigenvalue weighted by molar-refractivity contribution is -0.133. The van der Waals surface area contributed by atoms with Gasteiger partial charge in [-0.25, -0.2) is 4.98 Å². The fourth-order valence-electron chi connectivity index (χ4n) is 2.59. The third-order valence-corrected chi connectivity index (χ3v) is 3.96. The van der Waals surface area contributed by atoms with E-state index in [0.717, 1.165) is 31.8 Å². The number of nitrogens with zero attached hydrogens (tertiary/aromatic N) is 3. The molecule has 2 aliphatic rings. The molecular weight excluding hydrogens is 256 g/mol. The summed E-state index contributed by atoms with van der Waals surface area (Å²) in [4.78, 5) is 18.8. The van der Waals surface area contributed by atoms with Crippen LogP contribution in [0.25, 0.3) is 0 Å². The summed E-state index contributed by atoms with van der Waals surface area (Å²) >= 11 is 0. The number of amides is 1. The van der Waals surface area contributed by atoms with Crippen LogP contribution in [-0.2, 0) is 23.1 Å². The molecule has 6 nitrogen and oxygen atoms in total. The molecule has 1 unspecified atom stereocenters. The molecule has 1 aromatic heterocycles. The van der Waals surface area contributed by atoms with Gasteiger partial charge in [-0.15, -0.1) is 0 Å². The molecule has 1 aliphatic heterocycles. The van der Waals surface area contributed by atoms with E-state index in [4.69, 9.17) is 4.74 Å². The lowest BCUT2D eigenvalue weighted by Crippen LogP contribution is -2.45. The topological polar surface area (TPSA) is 59.4 Å². The minimum absolute atomic E-state index is 0.152. The predicted molar refractivity (Wildman–Crippen MR) is 74.0 cm³/mol. The van der Waals surface area contributed by atoms with Crippen LogP contribution < -0.4 is 5.32 Å². The highest BCUT2D eigenvalue weighted by Gasteiger charge is 2.34. The molecule has 1 saturated carbocycles. The number of morpholine rings is 1. The second kappa shape index (κ2) is 5.93. The van der Waals surface area contributed by atoms with Crippen molar-refractivity contribution >= 4 is 5.91 Å². The Labute approximate surface area is 119 Å². The molecule has 3 rings (SSSR count). The number of carbonyl (C=O) groups is 1. The normalized spacial score (nSPS) is 22.8. The maximum absolute atomic E-state index is 12.5. The summed E-state index contributed by atoms with van der Waals surface area (Å²) in [6, 6.07) is 0.558. The fourth-order valence-corrected chi connectivity index (χ4v) is 2.59. The first-order chi connectivity index (χ1) is 9.74. The average molecular weight is 278 g/mol. The highest BCUT2D eigenvalue weighted by atomic mass is 16.5. The van der Waals surface area contributed by atoms with Crippen LogP contribution in [0.3, 0.4) is 0 Å². The smallest absolute Gasteiger partial charge is 0.224 e. The quantitative estimate of drug-likeness (QED) is 0.841. The first kappa shape index (κ1) is 13.6. The first-order valence-corrected chi connectivity index (χ1v) is 7.31. The second-order valence-electron chi connectivity index (χ2n) is 5.64. The van der Waals surface area contributed by atoms with Crippen molar-refractivity contribution in [2.45, 2.75) is 37.9 Å². The number of rotatable bonds is 5. The lowest BCUT2D eigenvalue weighted by Gasteiger charge is -2.27. The van der Waals surface area contributed by atoms with Crippen LogP contribution in [0.2, 0.25) is 0 Å². The number of aryl methyl sites for hydroxylation is 1. The molecule has 1 N–H and O–H groups in total. The van der Waals surface area contributed by atoms with Crippen LogP contribution in [0.1, 0.15) is 25.1 Å². The zero-order valence-electron chi connectivity index (χ0n) is 11.9. The standard InChI is InChI=1S/C14H22N4O2/c1-17-6-4-16-13(17)9-18(12-2-3-12)14(19)8-11-10-20-7-5-15-11/h4,6,11-12,15H,2-3,5,7-10H2,1H3. The van der Waals surface area contributed by atoms with Crippen molar-refractivity contribution in [3.05, 3.63) is 18.2 Å². The molecule has 0 bridgehead atoms. The van der Waals surface area contributed by atoms with Crippen molar-refractivity contribution in [1.29, 1.82) is 0 Å². The van der Waals surface area contributed by atoms with Gasteiger partial charge >= 0.3 is 0 Å². The summed E-state index contributed by atoms with van der Waals surface area (Å²) in [6.07, 6.45) is 6.44. The van der Waals surface area contributed by atoms with Gasteiger partial charge in [0.2, 0.25) is 5.91 Å². The van der Waals surface area contributed by atoms with Crippen LogP contribution in [0.15, 0.2) is 12.4 Å². The van der Waals surface area contributed by atoms with Gasteiger partial charge < -0.3 is 19.5 Å². The molecule has 1 aliphatic carbocycles. The number of hydrogen-bond acceptors (Lipinski definition) is 4. The van der Waals surface area contributed by atoms with E-state index in [1.54, 1.807) is 6.20 Å². The van der Waals surface area contributed by atoms with Crippen LogP contribution in [0, 0.1) is 0 Å². The van der Waals surface area contributed by atoms with E-state index in [0.29, 0.717) is 25.6 Å². The maximum Gasteiger partial charge on any atom is 0.224 e. The minimum Gasteiger partial charge on any atom is -0.378 e. The van der Waals surface area contributed by atoms with E-state index in [1.165, 1.54) is 0 Å². The van der Waals surface area contributed by atoms with Gasteiger partial charge in [-0.05, 0) is 12.8 Å². The van der Waals surface area contributed by atoms with Crippen molar-refractivity contribution in [1.82, 2.24) is 19.8 Å². The van der Waals surface area contributed by atoms with Gasteiger partial charge in [0.1, 0.15) is 5.82 Å². The predicted octanol–water partition coefficient (Wildman–Crippen LogP) is 0.290. The third kappa shape index (κ3) is 3.19. The monoisotopic (exact) mass is 278 g/mol. The van der Waals surface area contributed by atoms with Crippen LogP contribution >= 0.6 is 0 Å². The highest BCUT2D eigenvalue weighted by Crippen LogP contribution is 2.29. The number of nitrogens with one attached hydrogen (secondary N) is 1.